The maximum atomic E-state index is 5.26. The number of H-pyrrole nitrogens is 1. The third kappa shape index (κ3) is 3.34. The van der Waals surface area contributed by atoms with Gasteiger partial charge in [0.2, 0.25) is 11.7 Å². The van der Waals surface area contributed by atoms with E-state index in [4.69, 9.17) is 4.52 Å². The molecule has 0 aromatic carbocycles. The van der Waals surface area contributed by atoms with E-state index in [0.717, 1.165) is 6.42 Å². The Morgan fingerprint density at radius 1 is 1.48 bits per heavy atom. The number of likely N-dealkylation sites (N-methyl/N-ethyl adjacent to an activating group) is 1. The van der Waals surface area contributed by atoms with Crippen molar-refractivity contribution in [1.29, 1.82) is 0 Å². The van der Waals surface area contributed by atoms with E-state index in [1.165, 1.54) is 11.2 Å². The van der Waals surface area contributed by atoms with Crippen LogP contribution in [0, 0.1) is 0 Å². The molecule has 0 saturated carbocycles. The zero-order valence-corrected chi connectivity index (χ0v) is 12.7. The fraction of sp³-hybridized carbons (Fsp3) is 0.385. The first kappa shape index (κ1) is 13.9. The number of nitrogens with zero attached hydrogens (tertiary/aromatic N) is 5. The molecule has 0 amide bonds. The SMILES string of the molecule is C[C@@H](Cc1cccs1)N(C)Cc1nc(-c2ncn[nH]2)no1. The van der Waals surface area contributed by atoms with Crippen molar-refractivity contribution < 1.29 is 4.52 Å². The van der Waals surface area contributed by atoms with E-state index in [-0.39, 0.29) is 0 Å². The number of hydrogen-bond donors (Lipinski definition) is 1. The number of aromatic nitrogens is 5. The van der Waals surface area contributed by atoms with Gasteiger partial charge in [-0.3, -0.25) is 10.00 Å². The van der Waals surface area contributed by atoms with Gasteiger partial charge in [-0.2, -0.15) is 10.1 Å². The highest BCUT2D eigenvalue weighted by atomic mass is 32.1. The molecule has 3 heterocycles. The van der Waals surface area contributed by atoms with Gasteiger partial charge in [-0.05, 0) is 31.8 Å². The van der Waals surface area contributed by atoms with Crippen molar-refractivity contribution in [3.05, 3.63) is 34.6 Å². The molecule has 0 radical (unpaired) electrons. The Balaban J connectivity index is 1.60. The number of thiophene rings is 1. The lowest BCUT2D eigenvalue weighted by molar-refractivity contribution is 0.214. The van der Waals surface area contributed by atoms with E-state index >= 15 is 0 Å². The molecule has 7 nitrogen and oxygen atoms in total. The first-order valence-corrected chi connectivity index (χ1v) is 7.51. The van der Waals surface area contributed by atoms with Crippen LogP contribution in [0.4, 0.5) is 0 Å². The highest BCUT2D eigenvalue weighted by Gasteiger charge is 2.16. The smallest absolute Gasteiger partial charge is 0.241 e. The quantitative estimate of drug-likeness (QED) is 0.749. The van der Waals surface area contributed by atoms with Crippen molar-refractivity contribution in [2.45, 2.75) is 25.9 Å². The van der Waals surface area contributed by atoms with Crippen LogP contribution in [0.2, 0.25) is 0 Å². The van der Waals surface area contributed by atoms with Crippen molar-refractivity contribution in [3.63, 3.8) is 0 Å². The highest BCUT2D eigenvalue weighted by molar-refractivity contribution is 7.09. The lowest BCUT2D eigenvalue weighted by Gasteiger charge is -2.22. The van der Waals surface area contributed by atoms with Crippen LogP contribution in [0.3, 0.4) is 0 Å². The van der Waals surface area contributed by atoms with Crippen LogP contribution in [0.5, 0.6) is 0 Å². The van der Waals surface area contributed by atoms with Crippen molar-refractivity contribution in [2.75, 3.05) is 7.05 Å². The highest BCUT2D eigenvalue weighted by Crippen LogP contribution is 2.15. The fourth-order valence-corrected chi connectivity index (χ4v) is 2.80. The molecule has 1 N–H and O–H groups in total. The summed E-state index contributed by atoms with van der Waals surface area (Å²) in [4.78, 5) is 11.9. The molecule has 0 aliphatic rings. The summed E-state index contributed by atoms with van der Waals surface area (Å²) in [5.41, 5.74) is 0. The first-order chi connectivity index (χ1) is 10.2. The molecule has 0 fully saturated rings. The predicted molar refractivity (Wildman–Crippen MR) is 78.6 cm³/mol. The number of aromatic amines is 1. The van der Waals surface area contributed by atoms with Crippen LogP contribution >= 0.6 is 11.3 Å². The van der Waals surface area contributed by atoms with E-state index < -0.39 is 0 Å². The molecule has 0 spiro atoms. The number of nitrogens with one attached hydrogen (secondary N) is 1. The molecule has 8 heteroatoms. The van der Waals surface area contributed by atoms with Crippen LogP contribution in [-0.2, 0) is 13.0 Å². The zero-order chi connectivity index (χ0) is 14.7. The molecule has 0 bridgehead atoms. The molecule has 3 aromatic rings. The molecule has 3 rings (SSSR count). The Kier molecular flexibility index (Phi) is 4.07. The summed E-state index contributed by atoms with van der Waals surface area (Å²) in [5.74, 6) is 1.52. The van der Waals surface area contributed by atoms with Crippen LogP contribution < -0.4 is 0 Å². The van der Waals surface area contributed by atoms with Gasteiger partial charge in [-0.1, -0.05) is 11.2 Å². The van der Waals surface area contributed by atoms with Crippen LogP contribution in [0.1, 0.15) is 17.7 Å². The van der Waals surface area contributed by atoms with Gasteiger partial charge < -0.3 is 4.52 Å². The van der Waals surface area contributed by atoms with Gasteiger partial charge in [0, 0.05) is 10.9 Å². The van der Waals surface area contributed by atoms with E-state index in [1.54, 1.807) is 11.3 Å². The van der Waals surface area contributed by atoms with E-state index in [2.05, 4.69) is 61.7 Å². The fourth-order valence-electron chi connectivity index (χ4n) is 1.97. The van der Waals surface area contributed by atoms with Crippen molar-refractivity contribution in [3.8, 4) is 11.6 Å². The van der Waals surface area contributed by atoms with Crippen molar-refractivity contribution in [1.82, 2.24) is 30.2 Å². The molecule has 110 valence electrons. The molecule has 1 atom stereocenters. The Morgan fingerprint density at radius 3 is 3.10 bits per heavy atom. The largest absolute Gasteiger partial charge is 0.337 e. The summed E-state index contributed by atoms with van der Waals surface area (Å²) in [7, 11) is 2.05. The van der Waals surface area contributed by atoms with Crippen LogP contribution in [0.15, 0.2) is 28.4 Å². The molecule has 21 heavy (non-hydrogen) atoms. The molecular formula is C13H16N6OS. The van der Waals surface area contributed by atoms with Crippen molar-refractivity contribution >= 4 is 11.3 Å². The molecule has 3 aromatic heterocycles. The summed E-state index contributed by atoms with van der Waals surface area (Å²) in [5, 5.41) is 12.5. The maximum absolute atomic E-state index is 5.26. The minimum Gasteiger partial charge on any atom is -0.337 e. The summed E-state index contributed by atoms with van der Waals surface area (Å²) in [6, 6.07) is 4.63. The minimum absolute atomic E-state index is 0.393. The van der Waals surface area contributed by atoms with E-state index in [0.29, 0.717) is 30.1 Å². The summed E-state index contributed by atoms with van der Waals surface area (Å²) in [6.45, 7) is 2.79. The number of hydrogen-bond acceptors (Lipinski definition) is 7. The van der Waals surface area contributed by atoms with Gasteiger partial charge in [-0.25, -0.2) is 4.98 Å². The maximum Gasteiger partial charge on any atom is 0.241 e. The average molecular weight is 304 g/mol. The van der Waals surface area contributed by atoms with Crippen LogP contribution in [-0.4, -0.2) is 43.3 Å². The second-order valence-electron chi connectivity index (χ2n) is 4.89. The Labute approximate surface area is 126 Å². The topological polar surface area (TPSA) is 83.7 Å². The average Bonchev–Trinajstić information content (AvgIpc) is 3.20. The number of rotatable bonds is 6. The van der Waals surface area contributed by atoms with Crippen LogP contribution in [0.25, 0.3) is 11.6 Å². The monoisotopic (exact) mass is 304 g/mol. The molecule has 0 saturated heterocycles. The van der Waals surface area contributed by atoms with Gasteiger partial charge in [0.15, 0.2) is 5.82 Å². The third-order valence-electron chi connectivity index (χ3n) is 3.31. The lowest BCUT2D eigenvalue weighted by Crippen LogP contribution is -2.30. The Hall–Kier alpha value is -2.06. The standard InChI is InChI=1S/C13H16N6OS/c1-9(6-10-4-3-5-21-10)19(2)7-11-16-13(18-20-11)12-14-8-15-17-12/h3-5,8-9H,6-7H2,1-2H3,(H,14,15,17)/t9-/m0/s1. The molecule has 0 aliphatic heterocycles. The predicted octanol–water partition coefficient (Wildman–Crippen LogP) is 1.98. The third-order valence-corrected chi connectivity index (χ3v) is 4.21. The second-order valence-corrected chi connectivity index (χ2v) is 5.93. The summed E-state index contributed by atoms with van der Waals surface area (Å²) >= 11 is 1.78. The molecular weight excluding hydrogens is 288 g/mol. The van der Waals surface area contributed by atoms with Gasteiger partial charge in [0.05, 0.1) is 6.54 Å². The molecule has 0 unspecified atom stereocenters. The summed E-state index contributed by atoms with van der Waals surface area (Å²) in [6.07, 6.45) is 2.43. The normalized spacial score (nSPS) is 12.9. The van der Waals surface area contributed by atoms with Gasteiger partial charge in [0.1, 0.15) is 6.33 Å². The second kappa shape index (κ2) is 6.15. The summed E-state index contributed by atoms with van der Waals surface area (Å²) < 4.78 is 5.26. The van der Waals surface area contributed by atoms with E-state index in [1.807, 2.05) is 0 Å². The zero-order valence-electron chi connectivity index (χ0n) is 11.9. The lowest BCUT2D eigenvalue weighted by atomic mass is 10.2. The van der Waals surface area contributed by atoms with E-state index in [9.17, 15) is 0 Å². The Bertz CT molecular complexity index is 663. The first-order valence-electron chi connectivity index (χ1n) is 6.63. The minimum atomic E-state index is 0.393. The van der Waals surface area contributed by atoms with Gasteiger partial charge in [-0.15, -0.1) is 11.3 Å². The molecule has 0 aliphatic carbocycles. The Morgan fingerprint density at radius 2 is 2.38 bits per heavy atom. The van der Waals surface area contributed by atoms with Gasteiger partial charge in [0.25, 0.3) is 0 Å². The van der Waals surface area contributed by atoms with Gasteiger partial charge >= 0.3 is 0 Å². The van der Waals surface area contributed by atoms with Crippen molar-refractivity contribution in [2.24, 2.45) is 0 Å².